The summed E-state index contributed by atoms with van der Waals surface area (Å²) in [5.74, 6) is 0.105. The van der Waals surface area contributed by atoms with Gasteiger partial charge in [-0.2, -0.15) is 0 Å². The van der Waals surface area contributed by atoms with Crippen LogP contribution in [0, 0.1) is 0 Å². The maximum atomic E-state index is 11.8. The van der Waals surface area contributed by atoms with Crippen molar-refractivity contribution in [1.29, 1.82) is 0 Å². The molecule has 0 aliphatic heterocycles. The van der Waals surface area contributed by atoms with E-state index >= 15 is 0 Å². The van der Waals surface area contributed by atoms with Gasteiger partial charge >= 0.3 is 5.97 Å². The molecule has 190 valence electrons. The number of esters is 1. The molecular weight excluding hydrogens is 428 g/mol. The number of carbonyl (C=O) groups is 1. The summed E-state index contributed by atoms with van der Waals surface area (Å²) in [6, 6.07) is 15.0. The average molecular weight is 475 g/mol. The summed E-state index contributed by atoms with van der Waals surface area (Å²) in [4.78, 5) is 11.8. The minimum absolute atomic E-state index is 0.221. The highest BCUT2D eigenvalue weighted by Gasteiger charge is 2.37. The molecule has 0 amide bonds. The molecule has 3 rings (SSSR count). The fourth-order valence-electron chi connectivity index (χ4n) is 5.43. The van der Waals surface area contributed by atoms with Crippen LogP contribution in [0.2, 0.25) is 0 Å². The van der Waals surface area contributed by atoms with Crippen molar-refractivity contribution in [3.8, 4) is 0 Å². The van der Waals surface area contributed by atoms with E-state index in [1.54, 1.807) is 0 Å². The van der Waals surface area contributed by atoms with Gasteiger partial charge < -0.3 is 4.74 Å². The van der Waals surface area contributed by atoms with E-state index in [0.29, 0.717) is 11.5 Å². The van der Waals surface area contributed by atoms with Crippen molar-refractivity contribution in [1.82, 2.24) is 0 Å². The van der Waals surface area contributed by atoms with Crippen molar-refractivity contribution in [2.45, 2.75) is 109 Å². The van der Waals surface area contributed by atoms with Crippen molar-refractivity contribution < 1.29 is 9.53 Å². The molecule has 1 atom stereocenters. The molecule has 2 aromatic carbocycles. The Kier molecular flexibility index (Phi) is 9.39. The van der Waals surface area contributed by atoms with E-state index in [4.69, 9.17) is 4.74 Å². The lowest BCUT2D eigenvalue weighted by molar-refractivity contribution is 0.0600. The Labute approximate surface area is 214 Å². The fraction of sp³-hybridized carbons (Fsp3) is 0.545. The number of ether oxygens (including phenoxy) is 1. The minimum atomic E-state index is -0.291. The SMILES string of the molecule is CCCCCCCCC(/C=C/c1ccc(C(=O)OC)cc1)c1ccc2c(c1)C(C)(C)CCC2(C)C. The van der Waals surface area contributed by atoms with Gasteiger partial charge in [0, 0.05) is 5.92 Å². The monoisotopic (exact) mass is 474 g/mol. The highest BCUT2D eigenvalue weighted by Crippen LogP contribution is 2.46. The van der Waals surface area contributed by atoms with Crippen molar-refractivity contribution in [2.75, 3.05) is 7.11 Å². The average Bonchev–Trinajstić information content (AvgIpc) is 2.85. The quantitative estimate of drug-likeness (QED) is 0.239. The van der Waals surface area contributed by atoms with Crippen molar-refractivity contribution in [2.24, 2.45) is 0 Å². The van der Waals surface area contributed by atoms with Crippen LogP contribution in [-0.4, -0.2) is 13.1 Å². The first kappa shape index (κ1) is 27.2. The summed E-state index contributed by atoms with van der Waals surface area (Å²) < 4.78 is 4.83. The molecule has 0 fully saturated rings. The number of allylic oxidation sites excluding steroid dienone is 1. The second-order valence-electron chi connectivity index (χ2n) is 11.7. The number of carbonyl (C=O) groups excluding carboxylic acids is 1. The molecule has 1 aliphatic carbocycles. The molecule has 0 saturated heterocycles. The van der Waals surface area contributed by atoms with Gasteiger partial charge in [-0.3, -0.25) is 0 Å². The molecule has 2 nitrogen and oxygen atoms in total. The van der Waals surface area contributed by atoms with Gasteiger partial charge in [-0.25, -0.2) is 4.79 Å². The molecule has 0 spiro atoms. The summed E-state index contributed by atoms with van der Waals surface area (Å²) in [5, 5.41) is 0. The predicted molar refractivity (Wildman–Crippen MR) is 149 cm³/mol. The molecule has 0 aromatic heterocycles. The van der Waals surface area contributed by atoms with E-state index in [2.05, 4.69) is 65.0 Å². The molecule has 2 heteroatoms. The van der Waals surface area contributed by atoms with Crippen molar-refractivity contribution >= 4 is 12.0 Å². The smallest absolute Gasteiger partial charge is 0.337 e. The highest BCUT2D eigenvalue weighted by molar-refractivity contribution is 5.89. The van der Waals surface area contributed by atoms with E-state index in [1.807, 2.05) is 24.3 Å². The molecule has 0 heterocycles. The second-order valence-corrected chi connectivity index (χ2v) is 11.7. The third-order valence-corrected chi connectivity index (χ3v) is 8.03. The molecule has 2 aromatic rings. The summed E-state index contributed by atoms with van der Waals surface area (Å²) in [6.45, 7) is 11.9. The first-order valence-electron chi connectivity index (χ1n) is 13.7. The molecule has 0 radical (unpaired) electrons. The maximum Gasteiger partial charge on any atom is 0.337 e. The number of hydrogen-bond donors (Lipinski definition) is 0. The molecule has 0 bridgehead atoms. The van der Waals surface area contributed by atoms with Crippen LogP contribution in [0.4, 0.5) is 0 Å². The van der Waals surface area contributed by atoms with Crippen molar-refractivity contribution in [3.63, 3.8) is 0 Å². The Bertz CT molecular complexity index is 994. The highest BCUT2D eigenvalue weighted by atomic mass is 16.5. The summed E-state index contributed by atoms with van der Waals surface area (Å²) in [5.41, 5.74) is 6.67. The van der Waals surface area contributed by atoms with Gasteiger partial charge in [0.2, 0.25) is 0 Å². The van der Waals surface area contributed by atoms with Crippen LogP contribution >= 0.6 is 0 Å². The molecule has 35 heavy (non-hydrogen) atoms. The van der Waals surface area contributed by atoms with Crippen molar-refractivity contribution in [3.05, 3.63) is 76.4 Å². The molecule has 0 saturated carbocycles. The first-order chi connectivity index (χ1) is 16.7. The second kappa shape index (κ2) is 12.1. The number of methoxy groups -OCH3 is 1. The van der Waals surface area contributed by atoms with Crippen LogP contribution in [0.25, 0.3) is 6.08 Å². The zero-order valence-electron chi connectivity index (χ0n) is 23.0. The lowest BCUT2D eigenvalue weighted by atomic mass is 9.62. The van der Waals surface area contributed by atoms with E-state index in [-0.39, 0.29) is 16.8 Å². The van der Waals surface area contributed by atoms with E-state index in [0.717, 1.165) is 5.56 Å². The largest absolute Gasteiger partial charge is 0.465 e. The molecule has 1 aliphatic rings. The Morgan fingerprint density at radius 3 is 2.17 bits per heavy atom. The number of hydrogen-bond acceptors (Lipinski definition) is 2. The predicted octanol–water partition coefficient (Wildman–Crippen LogP) is 9.37. The fourth-order valence-corrected chi connectivity index (χ4v) is 5.43. The van der Waals surface area contributed by atoms with Gasteiger partial charge in [0.15, 0.2) is 0 Å². The third kappa shape index (κ3) is 7.09. The Balaban J connectivity index is 1.84. The summed E-state index contributed by atoms with van der Waals surface area (Å²) >= 11 is 0. The van der Waals surface area contributed by atoms with E-state index in [9.17, 15) is 4.79 Å². The van der Waals surface area contributed by atoms with Gasteiger partial charge in [-0.05, 0) is 64.5 Å². The first-order valence-corrected chi connectivity index (χ1v) is 13.7. The van der Waals surface area contributed by atoms with Crippen LogP contribution in [0.15, 0.2) is 48.5 Å². The van der Waals surface area contributed by atoms with Crippen LogP contribution in [0.1, 0.15) is 131 Å². The normalized spacial score (nSPS) is 17.2. The van der Waals surface area contributed by atoms with Gasteiger partial charge in [-0.1, -0.05) is 116 Å². The summed E-state index contributed by atoms with van der Waals surface area (Å²) in [6.07, 6.45) is 16.1. The minimum Gasteiger partial charge on any atom is -0.465 e. The number of benzene rings is 2. The Morgan fingerprint density at radius 2 is 1.51 bits per heavy atom. The van der Waals surface area contributed by atoms with Gasteiger partial charge in [0.1, 0.15) is 0 Å². The molecule has 1 unspecified atom stereocenters. The Morgan fingerprint density at radius 1 is 0.886 bits per heavy atom. The molecular formula is C33H46O2. The van der Waals surface area contributed by atoms with Gasteiger partial charge in [0.05, 0.1) is 12.7 Å². The van der Waals surface area contributed by atoms with Gasteiger partial charge in [0.25, 0.3) is 0 Å². The standard InChI is InChI=1S/C33H46O2/c1-7-8-9-10-11-12-13-26(17-14-25-15-18-27(19-16-25)31(34)35-6)28-20-21-29-30(24-28)33(4,5)23-22-32(29,2)3/h14-21,24,26H,7-13,22-23H2,1-6H3/b17-14+. The van der Waals surface area contributed by atoms with Crippen LogP contribution in [-0.2, 0) is 15.6 Å². The van der Waals surface area contributed by atoms with E-state index < -0.39 is 0 Å². The lowest BCUT2D eigenvalue weighted by Gasteiger charge is -2.42. The number of rotatable bonds is 11. The molecule has 0 N–H and O–H groups in total. The zero-order valence-corrected chi connectivity index (χ0v) is 23.0. The maximum absolute atomic E-state index is 11.8. The number of fused-ring (bicyclic) bond motifs is 1. The van der Waals surface area contributed by atoms with Crippen LogP contribution < -0.4 is 0 Å². The lowest BCUT2D eigenvalue weighted by Crippen LogP contribution is -2.34. The van der Waals surface area contributed by atoms with E-state index in [1.165, 1.54) is 81.6 Å². The topological polar surface area (TPSA) is 26.3 Å². The van der Waals surface area contributed by atoms with Gasteiger partial charge in [-0.15, -0.1) is 0 Å². The Hall–Kier alpha value is -2.35. The number of unbranched alkanes of at least 4 members (excludes halogenated alkanes) is 5. The van der Waals surface area contributed by atoms with Crippen LogP contribution in [0.3, 0.4) is 0 Å². The summed E-state index contributed by atoms with van der Waals surface area (Å²) in [7, 11) is 1.42. The zero-order chi connectivity index (χ0) is 25.5. The third-order valence-electron chi connectivity index (χ3n) is 8.03. The van der Waals surface area contributed by atoms with Crippen LogP contribution in [0.5, 0.6) is 0 Å².